The van der Waals surface area contributed by atoms with Crippen LogP contribution in [-0.2, 0) is 4.79 Å². The largest absolute Gasteiger partial charge is 0.506 e. The van der Waals surface area contributed by atoms with Crippen molar-refractivity contribution in [1.82, 2.24) is 0 Å². The van der Waals surface area contributed by atoms with Gasteiger partial charge in [0, 0.05) is 37.5 Å². The molecule has 0 N–H and O–H groups in total. The molecule has 3 heteroatoms. The van der Waals surface area contributed by atoms with Crippen LogP contribution in [0, 0.1) is 11.8 Å². The fraction of sp³-hybridized carbons (Fsp3) is 0.900. The average Bonchev–Trinajstić information content (AvgIpc) is 2.11. The predicted octanol–water partition coefficient (Wildman–Crippen LogP) is 1.30. The summed E-state index contributed by atoms with van der Waals surface area (Å²) >= 11 is 0. The molecule has 7 fully saturated rings. The minimum atomic E-state index is 0.0414. The molecule has 0 aromatic rings. The molecule has 0 radical (unpaired) electrons. The molecule has 3 nitrogen and oxygen atoms in total. The molecule has 4 bridgehead atoms. The van der Waals surface area contributed by atoms with Gasteiger partial charge in [0.15, 0.2) is 11.1 Å². The first-order valence-corrected chi connectivity index (χ1v) is 5.18. The first kappa shape index (κ1) is 6.68. The van der Waals surface area contributed by atoms with Crippen molar-refractivity contribution in [2.45, 2.75) is 43.2 Å². The van der Waals surface area contributed by atoms with Crippen molar-refractivity contribution in [3.05, 3.63) is 5.53 Å². The number of hydrogen-bond donors (Lipinski definition) is 0. The molecule has 0 aromatic heterocycles. The van der Waals surface area contributed by atoms with Crippen LogP contribution in [0.2, 0.25) is 0 Å². The van der Waals surface area contributed by atoms with Gasteiger partial charge in [-0.2, -0.15) is 0 Å². The summed E-state index contributed by atoms with van der Waals surface area (Å²) in [4.78, 5) is 11.7. The lowest BCUT2D eigenvalue weighted by molar-refractivity contribution is -0.791. The van der Waals surface area contributed by atoms with E-state index in [1.54, 1.807) is 4.70 Å². The Morgan fingerprint density at radius 1 is 1.15 bits per heavy atom. The second-order valence-electron chi connectivity index (χ2n) is 5.55. The van der Waals surface area contributed by atoms with Gasteiger partial charge in [-0.3, -0.25) is 4.79 Å². The van der Waals surface area contributed by atoms with E-state index in [-0.39, 0.29) is 11.1 Å². The number of carbonyl (C=O) groups excluding carboxylic acids is 1. The van der Waals surface area contributed by atoms with Gasteiger partial charge in [-0.25, -0.2) is 0 Å². The number of nitrogens with zero attached hydrogens (tertiary/aromatic N) is 2. The van der Waals surface area contributed by atoms with E-state index < -0.39 is 0 Å². The lowest BCUT2D eigenvalue weighted by Crippen LogP contribution is -2.80. The third-order valence-electron chi connectivity index (χ3n) is 4.87. The van der Waals surface area contributed by atoms with Gasteiger partial charge in [-0.1, -0.05) is 0 Å². The van der Waals surface area contributed by atoms with Crippen molar-refractivity contribution in [2.75, 3.05) is 0 Å². The minimum Gasteiger partial charge on any atom is -0.506 e. The van der Waals surface area contributed by atoms with Crippen LogP contribution in [0.4, 0.5) is 0 Å². The lowest BCUT2D eigenvalue weighted by atomic mass is 9.43. The van der Waals surface area contributed by atoms with Crippen LogP contribution in [-0.4, -0.2) is 21.6 Å². The van der Waals surface area contributed by atoms with Gasteiger partial charge in [0.05, 0.1) is 6.42 Å². The minimum absolute atomic E-state index is 0.0414. The normalized spacial score (nSPS) is 61.2. The van der Waals surface area contributed by atoms with Crippen LogP contribution in [0.5, 0.6) is 0 Å². The highest BCUT2D eigenvalue weighted by atomic mass is 16.1. The smallest absolute Gasteiger partial charge is 0.159 e. The van der Waals surface area contributed by atoms with E-state index in [2.05, 4.69) is 0 Å². The second-order valence-corrected chi connectivity index (χ2v) is 5.55. The summed E-state index contributed by atoms with van der Waals surface area (Å²) in [6.45, 7) is 0. The molecule has 4 aliphatic carbocycles. The van der Waals surface area contributed by atoms with Gasteiger partial charge >= 0.3 is 0 Å². The van der Waals surface area contributed by atoms with Crippen LogP contribution in [0.25, 0.3) is 5.53 Å². The molecule has 0 atom stereocenters. The zero-order valence-corrected chi connectivity index (χ0v) is 7.49. The van der Waals surface area contributed by atoms with Crippen LogP contribution in [0.15, 0.2) is 0 Å². The summed E-state index contributed by atoms with van der Waals surface area (Å²) in [7, 11) is 0. The summed E-state index contributed by atoms with van der Waals surface area (Å²) < 4.78 is 1.61. The Kier molecular flexibility index (Phi) is 0.765. The van der Waals surface area contributed by atoms with Gasteiger partial charge in [-0.05, 0) is 0 Å². The Morgan fingerprint density at radius 2 is 1.62 bits per heavy atom. The van der Waals surface area contributed by atoms with Crippen LogP contribution in [0.1, 0.15) is 32.1 Å². The number of carbonyl (C=O) groups is 1. The molecule has 2 spiro atoms. The zero-order chi connectivity index (χ0) is 8.84. The van der Waals surface area contributed by atoms with E-state index in [9.17, 15) is 10.3 Å². The summed E-state index contributed by atoms with van der Waals surface area (Å²) in [5.41, 5.74) is 10.0. The molecule has 3 heterocycles. The molecule has 0 unspecified atom stereocenters. The third kappa shape index (κ3) is 0.473. The summed E-state index contributed by atoms with van der Waals surface area (Å²) in [5, 5.41) is 0. The van der Waals surface area contributed by atoms with Gasteiger partial charge in [0.2, 0.25) is 0 Å². The van der Waals surface area contributed by atoms with Crippen molar-refractivity contribution >= 4 is 5.78 Å². The van der Waals surface area contributed by atoms with Crippen molar-refractivity contribution in [3.8, 4) is 0 Å². The molecule has 3 aliphatic heterocycles. The molecule has 68 valence electrons. The summed E-state index contributed by atoms with van der Waals surface area (Å²) in [6, 6.07) is 0. The van der Waals surface area contributed by atoms with E-state index in [1.165, 1.54) is 0 Å². The molecule has 4 saturated carbocycles. The lowest BCUT2D eigenvalue weighted by Gasteiger charge is -2.68. The molecular weight excluding hydrogens is 164 g/mol. The Labute approximate surface area is 76.6 Å². The van der Waals surface area contributed by atoms with Gasteiger partial charge < -0.3 is 10.2 Å². The first-order chi connectivity index (χ1) is 6.15. The Balaban J connectivity index is 1.92. The molecular formula is C10H12N2O. The van der Waals surface area contributed by atoms with Gasteiger partial charge in [0.1, 0.15) is 5.78 Å². The van der Waals surface area contributed by atoms with Crippen molar-refractivity contribution in [1.29, 1.82) is 0 Å². The monoisotopic (exact) mass is 176 g/mol. The van der Waals surface area contributed by atoms with Crippen LogP contribution >= 0.6 is 0 Å². The van der Waals surface area contributed by atoms with E-state index >= 15 is 0 Å². The number of hydrogen-bond acceptors (Lipinski definition) is 1. The summed E-state index contributed by atoms with van der Waals surface area (Å²) in [6.07, 6.45) is 4.87. The fourth-order valence-electron chi connectivity index (χ4n) is 4.69. The standard InChI is InChI=1S/C10H12N2O/c11-12-9-1-6-2-10(12,5-9)4-7(3-9)8(6)13/h6-7H,1-5H2. The summed E-state index contributed by atoms with van der Waals surface area (Å²) in [5.74, 6) is 1.09. The van der Waals surface area contributed by atoms with E-state index in [1.807, 2.05) is 0 Å². The Bertz CT molecular complexity index is 318. The number of ketones is 1. The van der Waals surface area contributed by atoms with E-state index in [4.69, 9.17) is 0 Å². The predicted molar refractivity (Wildman–Crippen MR) is 44.2 cm³/mol. The number of piperidine rings is 2. The third-order valence-corrected chi connectivity index (χ3v) is 4.87. The molecule has 7 aliphatic rings. The highest BCUT2D eigenvalue weighted by molar-refractivity contribution is 5.86. The molecule has 7 rings (SSSR count). The Hall–Kier alpha value is -0.730. The first-order valence-electron chi connectivity index (χ1n) is 5.18. The Morgan fingerprint density at radius 3 is 2.00 bits per heavy atom. The van der Waals surface area contributed by atoms with Crippen molar-refractivity contribution in [2.24, 2.45) is 11.8 Å². The van der Waals surface area contributed by atoms with Crippen molar-refractivity contribution in [3.63, 3.8) is 0 Å². The van der Waals surface area contributed by atoms with Gasteiger partial charge in [0.25, 0.3) is 0 Å². The number of rotatable bonds is 0. The van der Waals surface area contributed by atoms with Crippen LogP contribution < -0.4 is 0 Å². The fourth-order valence-corrected chi connectivity index (χ4v) is 4.69. The maximum Gasteiger partial charge on any atom is 0.159 e. The molecule has 0 amide bonds. The van der Waals surface area contributed by atoms with E-state index in [0.717, 1.165) is 32.1 Å². The number of Topliss-reactive ketones (excluding diaryl/α,β-unsaturated/α-hetero) is 1. The molecule has 3 saturated heterocycles. The quantitative estimate of drug-likeness (QED) is 0.513. The zero-order valence-electron chi connectivity index (χ0n) is 7.49. The topological polar surface area (TPSA) is 42.4 Å². The average molecular weight is 176 g/mol. The van der Waals surface area contributed by atoms with Crippen LogP contribution in [0.3, 0.4) is 0 Å². The van der Waals surface area contributed by atoms with E-state index in [0.29, 0.717) is 17.6 Å². The second kappa shape index (κ2) is 1.49. The maximum atomic E-state index is 11.7. The maximum absolute atomic E-state index is 11.7. The van der Waals surface area contributed by atoms with Gasteiger partial charge in [-0.15, -0.1) is 0 Å². The molecule has 13 heavy (non-hydrogen) atoms. The molecule has 0 aromatic carbocycles. The van der Waals surface area contributed by atoms with Crippen molar-refractivity contribution < 1.29 is 9.49 Å². The highest BCUT2D eigenvalue weighted by Gasteiger charge is 2.77. The highest BCUT2D eigenvalue weighted by Crippen LogP contribution is 2.67. The SMILES string of the molecule is [N-]=[N+]1C23CC4CC1(CC(C2)C4=O)C3.